The third-order valence-corrected chi connectivity index (χ3v) is 5.28. The molecule has 1 unspecified atom stereocenters. The van der Waals surface area contributed by atoms with Gasteiger partial charge in [-0.05, 0) is 42.8 Å². The maximum atomic E-state index is 12.4. The van der Waals surface area contributed by atoms with E-state index in [1.165, 1.54) is 0 Å². The second kappa shape index (κ2) is 5.66. The Bertz CT molecular complexity index is 614. The summed E-state index contributed by atoms with van der Waals surface area (Å²) in [5.41, 5.74) is 0.591. The third-order valence-electron chi connectivity index (χ3n) is 4.21. The molecule has 1 aliphatic rings. The zero-order valence-corrected chi connectivity index (χ0v) is 12.9. The summed E-state index contributed by atoms with van der Waals surface area (Å²) >= 11 is 1.65. The summed E-state index contributed by atoms with van der Waals surface area (Å²) in [6.07, 6.45) is 3.76. The Kier molecular flexibility index (Phi) is 3.87. The van der Waals surface area contributed by atoms with Crippen LogP contribution < -0.4 is 5.32 Å². The van der Waals surface area contributed by atoms with Crippen molar-refractivity contribution >= 4 is 17.2 Å². The summed E-state index contributed by atoms with van der Waals surface area (Å²) < 4.78 is 1.90. The van der Waals surface area contributed by atoms with E-state index in [1.807, 2.05) is 47.5 Å². The summed E-state index contributed by atoms with van der Waals surface area (Å²) in [6.45, 7) is 0.498. The number of aliphatic hydroxyl groups is 1. The van der Waals surface area contributed by atoms with Gasteiger partial charge >= 0.3 is 0 Å². The minimum absolute atomic E-state index is 0.101. The average molecular weight is 304 g/mol. The van der Waals surface area contributed by atoms with Crippen LogP contribution >= 0.6 is 11.3 Å². The minimum atomic E-state index is -0.540. The summed E-state index contributed by atoms with van der Waals surface area (Å²) in [6, 6.07) is 7.84. The van der Waals surface area contributed by atoms with Crippen molar-refractivity contribution < 1.29 is 9.90 Å². The molecule has 4 nitrogen and oxygen atoms in total. The van der Waals surface area contributed by atoms with E-state index in [-0.39, 0.29) is 11.3 Å². The van der Waals surface area contributed by atoms with Gasteiger partial charge in [-0.15, -0.1) is 11.3 Å². The van der Waals surface area contributed by atoms with E-state index in [4.69, 9.17) is 0 Å². The minimum Gasteiger partial charge on any atom is -0.387 e. The van der Waals surface area contributed by atoms with Crippen molar-refractivity contribution in [3.8, 4) is 0 Å². The third kappa shape index (κ3) is 2.76. The number of nitrogens with zero attached hydrogens (tertiary/aromatic N) is 1. The molecule has 0 radical (unpaired) electrons. The second-order valence-corrected chi connectivity index (χ2v) is 6.61. The van der Waals surface area contributed by atoms with Crippen LogP contribution in [0.3, 0.4) is 0 Å². The Hall–Kier alpha value is -1.59. The van der Waals surface area contributed by atoms with Gasteiger partial charge in [0.25, 0.3) is 0 Å². The number of aromatic nitrogens is 1. The Balaban J connectivity index is 1.52. The highest BCUT2D eigenvalue weighted by molar-refractivity contribution is 7.10. The molecule has 0 aromatic carbocycles. The summed E-state index contributed by atoms with van der Waals surface area (Å²) in [4.78, 5) is 13.5. The van der Waals surface area contributed by atoms with Crippen LogP contribution in [0.1, 0.15) is 35.9 Å². The van der Waals surface area contributed by atoms with Crippen molar-refractivity contribution in [3.63, 3.8) is 0 Å². The molecule has 21 heavy (non-hydrogen) atoms. The lowest BCUT2D eigenvalue weighted by molar-refractivity contribution is -0.123. The quantitative estimate of drug-likeness (QED) is 0.861. The van der Waals surface area contributed by atoms with Crippen LogP contribution in [0.5, 0.6) is 0 Å². The molecule has 1 amide bonds. The van der Waals surface area contributed by atoms with Gasteiger partial charge in [-0.3, -0.25) is 4.79 Å². The van der Waals surface area contributed by atoms with Crippen LogP contribution in [-0.2, 0) is 17.3 Å². The first-order valence-corrected chi connectivity index (χ1v) is 8.13. The molecule has 3 rings (SSSR count). The normalized spacial score (nSPS) is 17.4. The largest absolute Gasteiger partial charge is 0.387 e. The molecular formula is C16H20N2O2S. The highest BCUT2D eigenvalue weighted by Crippen LogP contribution is 2.50. The van der Waals surface area contributed by atoms with Gasteiger partial charge in [-0.1, -0.05) is 6.07 Å². The van der Waals surface area contributed by atoms with Crippen LogP contribution in [0.25, 0.3) is 0 Å². The van der Waals surface area contributed by atoms with Gasteiger partial charge in [0.15, 0.2) is 0 Å². The molecule has 2 heterocycles. The topological polar surface area (TPSA) is 54.3 Å². The highest BCUT2D eigenvalue weighted by Gasteiger charge is 2.51. The molecule has 1 saturated carbocycles. The van der Waals surface area contributed by atoms with Crippen LogP contribution in [0, 0.1) is 0 Å². The van der Waals surface area contributed by atoms with E-state index in [2.05, 4.69) is 5.32 Å². The highest BCUT2D eigenvalue weighted by atomic mass is 32.1. The number of hydrogen-bond donors (Lipinski definition) is 2. The van der Waals surface area contributed by atoms with Crippen molar-refractivity contribution in [3.05, 3.63) is 46.4 Å². The number of aryl methyl sites for hydroxylation is 1. The van der Waals surface area contributed by atoms with Gasteiger partial charge in [0.1, 0.15) is 0 Å². The van der Waals surface area contributed by atoms with E-state index in [0.717, 1.165) is 23.4 Å². The van der Waals surface area contributed by atoms with Crippen molar-refractivity contribution in [1.82, 2.24) is 9.88 Å². The van der Waals surface area contributed by atoms with Crippen molar-refractivity contribution in [2.75, 3.05) is 6.54 Å². The maximum absolute atomic E-state index is 12.4. The van der Waals surface area contributed by atoms with Crippen LogP contribution in [-0.4, -0.2) is 22.1 Å². The predicted octanol–water partition coefficient (Wildman–Crippen LogP) is 2.36. The van der Waals surface area contributed by atoms with Gasteiger partial charge in [0, 0.05) is 30.4 Å². The zero-order valence-electron chi connectivity index (χ0n) is 12.1. The Labute approximate surface area is 128 Å². The number of aliphatic hydroxyl groups excluding tert-OH is 1. The molecule has 1 atom stereocenters. The molecule has 0 bridgehead atoms. The molecule has 5 heteroatoms. The van der Waals surface area contributed by atoms with Crippen molar-refractivity contribution in [1.29, 1.82) is 0 Å². The molecule has 2 aromatic heterocycles. The Morgan fingerprint density at radius 1 is 1.48 bits per heavy atom. The summed E-state index contributed by atoms with van der Waals surface area (Å²) in [5.74, 6) is 0.101. The smallest absolute Gasteiger partial charge is 0.231 e. The number of hydrogen-bond acceptors (Lipinski definition) is 3. The SMILES string of the molecule is Cn1cccc1C(O)CCNC(=O)C1(c2cccs2)CC1. The Morgan fingerprint density at radius 3 is 2.86 bits per heavy atom. The fourth-order valence-corrected chi connectivity index (χ4v) is 3.70. The van der Waals surface area contributed by atoms with Crippen LogP contribution in [0.2, 0.25) is 0 Å². The lowest BCUT2D eigenvalue weighted by atomic mass is 10.0. The van der Waals surface area contributed by atoms with E-state index >= 15 is 0 Å². The Morgan fingerprint density at radius 2 is 2.29 bits per heavy atom. The molecule has 0 spiro atoms. The first kappa shape index (κ1) is 14.4. The van der Waals surface area contributed by atoms with Gasteiger partial charge in [0.2, 0.25) is 5.91 Å². The van der Waals surface area contributed by atoms with E-state index < -0.39 is 6.10 Å². The lowest BCUT2D eigenvalue weighted by Crippen LogP contribution is -2.35. The average Bonchev–Trinajstić information content (AvgIpc) is 2.89. The second-order valence-electron chi connectivity index (χ2n) is 5.66. The van der Waals surface area contributed by atoms with Crippen LogP contribution in [0.4, 0.5) is 0 Å². The zero-order chi connectivity index (χ0) is 14.9. The number of nitrogens with one attached hydrogen (secondary N) is 1. The first-order valence-electron chi connectivity index (χ1n) is 7.25. The van der Waals surface area contributed by atoms with Gasteiger partial charge in [0.05, 0.1) is 11.5 Å². The first-order chi connectivity index (χ1) is 10.1. The number of thiophene rings is 1. The lowest BCUT2D eigenvalue weighted by Gasteiger charge is -2.16. The molecule has 112 valence electrons. The van der Waals surface area contributed by atoms with E-state index in [1.54, 1.807) is 11.3 Å². The predicted molar refractivity (Wildman–Crippen MR) is 83.2 cm³/mol. The fourth-order valence-electron chi connectivity index (χ4n) is 2.72. The fraction of sp³-hybridized carbons (Fsp3) is 0.438. The van der Waals surface area contributed by atoms with E-state index in [9.17, 15) is 9.90 Å². The summed E-state index contributed by atoms with van der Waals surface area (Å²) in [5, 5.41) is 15.1. The number of rotatable bonds is 6. The van der Waals surface area contributed by atoms with Crippen molar-refractivity contribution in [2.45, 2.75) is 30.8 Å². The molecule has 1 fully saturated rings. The van der Waals surface area contributed by atoms with Gasteiger partial charge in [-0.2, -0.15) is 0 Å². The molecule has 2 aromatic rings. The molecule has 0 saturated heterocycles. The standard InChI is InChI=1S/C16H20N2O2S/c1-18-10-2-4-12(18)13(19)6-9-17-15(20)16(7-8-16)14-5-3-11-21-14/h2-5,10-11,13,19H,6-9H2,1H3,(H,17,20). The molecule has 2 N–H and O–H groups in total. The van der Waals surface area contributed by atoms with E-state index in [0.29, 0.717) is 13.0 Å². The maximum Gasteiger partial charge on any atom is 0.231 e. The van der Waals surface area contributed by atoms with Crippen molar-refractivity contribution in [2.24, 2.45) is 7.05 Å². The molecule has 0 aliphatic heterocycles. The summed E-state index contributed by atoms with van der Waals surface area (Å²) in [7, 11) is 1.91. The van der Waals surface area contributed by atoms with Gasteiger partial charge < -0.3 is 15.0 Å². The number of carbonyl (C=O) groups is 1. The monoisotopic (exact) mass is 304 g/mol. The molecular weight excluding hydrogens is 284 g/mol. The number of carbonyl (C=O) groups excluding carboxylic acids is 1. The van der Waals surface area contributed by atoms with Gasteiger partial charge in [-0.25, -0.2) is 0 Å². The number of amides is 1. The van der Waals surface area contributed by atoms with Crippen LogP contribution in [0.15, 0.2) is 35.8 Å². The molecule has 1 aliphatic carbocycles.